The molecule has 0 N–H and O–H groups in total. The van der Waals surface area contributed by atoms with E-state index in [2.05, 4.69) is 31.9 Å². The summed E-state index contributed by atoms with van der Waals surface area (Å²) in [5, 5.41) is 2.00. The second kappa shape index (κ2) is 12.7. The Labute approximate surface area is 268 Å². The zero-order valence-corrected chi connectivity index (χ0v) is 26.4. The number of fused-ring (bicyclic) bond motifs is 1. The van der Waals surface area contributed by atoms with E-state index in [9.17, 15) is 24.0 Å². The van der Waals surface area contributed by atoms with Crippen LogP contribution in [0.3, 0.4) is 0 Å². The summed E-state index contributed by atoms with van der Waals surface area (Å²) in [6.45, 7) is -0.603. The normalized spacial score (nSPS) is 21.6. The molecule has 1 aliphatic carbocycles. The SMILES string of the molecule is O=C(CN(C(=O)c1ccc(Cl)c(Cl)c1)N1C(=O)[C@H]2C[C@H](Br)[C@@H](Br)C[C@H]2C1=O)c1ccc(OC(=O)c2ccccc2)cc1. The third kappa shape index (κ3) is 6.17. The summed E-state index contributed by atoms with van der Waals surface area (Å²) in [6, 6.07) is 18.4. The zero-order chi connectivity index (χ0) is 30.1. The maximum atomic E-state index is 13.7. The molecule has 8 nitrogen and oxygen atoms in total. The van der Waals surface area contributed by atoms with Crippen LogP contribution in [0.1, 0.15) is 43.9 Å². The topological polar surface area (TPSA) is 101 Å². The maximum absolute atomic E-state index is 13.7. The molecule has 0 aromatic heterocycles. The molecule has 4 atom stereocenters. The van der Waals surface area contributed by atoms with Crippen molar-refractivity contribution in [1.29, 1.82) is 0 Å². The Morgan fingerprint density at radius 1 is 0.786 bits per heavy atom. The van der Waals surface area contributed by atoms with E-state index >= 15 is 0 Å². The molecule has 1 aliphatic heterocycles. The Morgan fingerprint density at radius 2 is 1.36 bits per heavy atom. The average molecular weight is 737 g/mol. The minimum atomic E-state index is -0.763. The van der Waals surface area contributed by atoms with E-state index in [0.717, 1.165) is 10.0 Å². The molecule has 2 aliphatic rings. The van der Waals surface area contributed by atoms with Crippen LogP contribution < -0.4 is 4.74 Å². The van der Waals surface area contributed by atoms with E-state index < -0.39 is 47.9 Å². The van der Waals surface area contributed by atoms with Gasteiger partial charge >= 0.3 is 5.97 Å². The first kappa shape index (κ1) is 30.4. The molecule has 0 radical (unpaired) electrons. The molecule has 1 heterocycles. The van der Waals surface area contributed by atoms with Gasteiger partial charge < -0.3 is 4.74 Å². The van der Waals surface area contributed by atoms with Gasteiger partial charge in [-0.25, -0.2) is 9.80 Å². The third-order valence-electron chi connectivity index (χ3n) is 7.22. The number of ether oxygens (including phenoxy) is 1. The molecule has 0 unspecified atom stereocenters. The first-order chi connectivity index (χ1) is 20.0. The number of rotatable bonds is 7. The lowest BCUT2D eigenvalue weighted by molar-refractivity contribution is -0.154. The maximum Gasteiger partial charge on any atom is 0.343 e. The summed E-state index contributed by atoms with van der Waals surface area (Å²) in [5.74, 6) is -4.00. The molecule has 3 aromatic carbocycles. The number of amides is 3. The molecule has 1 saturated carbocycles. The Kier molecular flexibility index (Phi) is 9.17. The van der Waals surface area contributed by atoms with Crippen LogP contribution in [0.5, 0.6) is 5.75 Å². The van der Waals surface area contributed by atoms with Crippen LogP contribution in [0.4, 0.5) is 0 Å². The number of hydrogen-bond donors (Lipinski definition) is 0. The first-order valence-corrected chi connectivity index (χ1v) is 15.5. The van der Waals surface area contributed by atoms with Gasteiger partial charge in [0.2, 0.25) is 0 Å². The lowest BCUT2D eigenvalue weighted by Crippen LogP contribution is -2.52. The molecule has 0 bridgehead atoms. The van der Waals surface area contributed by atoms with Crippen LogP contribution >= 0.6 is 55.1 Å². The number of hydrogen-bond acceptors (Lipinski definition) is 6. The van der Waals surface area contributed by atoms with E-state index in [-0.39, 0.29) is 36.6 Å². The summed E-state index contributed by atoms with van der Waals surface area (Å²) in [4.78, 5) is 66.6. The highest BCUT2D eigenvalue weighted by Crippen LogP contribution is 2.43. The Bertz CT molecular complexity index is 1540. The Hall–Kier alpha value is -3.05. The van der Waals surface area contributed by atoms with E-state index in [4.69, 9.17) is 27.9 Å². The number of halogens is 4. The van der Waals surface area contributed by atoms with Crippen molar-refractivity contribution in [2.75, 3.05) is 6.54 Å². The van der Waals surface area contributed by atoms with Gasteiger partial charge in [0.1, 0.15) is 12.3 Å². The number of carbonyl (C=O) groups excluding carboxylic acids is 5. The Morgan fingerprint density at radius 3 is 1.93 bits per heavy atom. The van der Waals surface area contributed by atoms with Crippen molar-refractivity contribution in [3.05, 3.63) is 99.5 Å². The quantitative estimate of drug-likeness (QED) is 0.0919. The van der Waals surface area contributed by atoms with Gasteiger partial charge in [0.15, 0.2) is 5.78 Å². The standard InChI is InChI=1S/C30H22Br2Cl2N2O6/c31-22-13-20-21(14-23(22)32)29(40)36(28(20)39)35(27(38)18-8-11-24(33)25(34)12-18)15-26(37)16-6-9-19(10-7-16)42-30(41)17-4-2-1-3-5-17/h1-12,20-23H,13-15H2/t20-,21+,22-,23-/m0/s1. The summed E-state index contributed by atoms with van der Waals surface area (Å²) in [6.07, 6.45) is 0.793. The number of benzene rings is 3. The van der Waals surface area contributed by atoms with Gasteiger partial charge in [0.05, 0.1) is 27.4 Å². The fourth-order valence-corrected chi connectivity index (χ4v) is 6.54. The third-order valence-corrected chi connectivity index (χ3v) is 10.7. The number of ketones is 1. The first-order valence-electron chi connectivity index (χ1n) is 12.9. The summed E-state index contributed by atoms with van der Waals surface area (Å²) < 4.78 is 5.37. The highest BCUT2D eigenvalue weighted by molar-refractivity contribution is 9.12. The number of imide groups is 1. The molecule has 2 fully saturated rings. The number of carbonyl (C=O) groups is 5. The second-order valence-corrected chi connectivity index (χ2v) is 13.1. The summed E-state index contributed by atoms with van der Waals surface area (Å²) >= 11 is 19.3. The van der Waals surface area contributed by atoms with Crippen molar-refractivity contribution in [2.24, 2.45) is 11.8 Å². The Balaban J connectivity index is 1.40. The van der Waals surface area contributed by atoms with Gasteiger partial charge in [-0.2, -0.15) is 5.01 Å². The van der Waals surface area contributed by atoms with Gasteiger partial charge in [-0.3, -0.25) is 19.2 Å². The zero-order valence-electron chi connectivity index (χ0n) is 21.7. The van der Waals surface area contributed by atoms with Crippen LogP contribution in [-0.2, 0) is 9.59 Å². The lowest BCUT2D eigenvalue weighted by Gasteiger charge is -2.30. The van der Waals surface area contributed by atoms with Crippen LogP contribution in [0.2, 0.25) is 10.0 Å². The monoisotopic (exact) mass is 734 g/mol. The lowest BCUT2D eigenvalue weighted by atomic mass is 9.81. The number of nitrogens with zero attached hydrogens (tertiary/aromatic N) is 2. The van der Waals surface area contributed by atoms with Crippen molar-refractivity contribution in [3.63, 3.8) is 0 Å². The molecule has 1 saturated heterocycles. The fraction of sp³-hybridized carbons (Fsp3) is 0.233. The largest absolute Gasteiger partial charge is 0.423 e. The molecule has 5 rings (SSSR count). The van der Waals surface area contributed by atoms with Crippen molar-refractivity contribution in [1.82, 2.24) is 10.0 Å². The van der Waals surface area contributed by atoms with Crippen LogP contribution in [-0.4, -0.2) is 55.7 Å². The molecular formula is C30H22Br2Cl2N2O6. The molecule has 216 valence electrons. The fourth-order valence-electron chi connectivity index (χ4n) is 5.00. The van der Waals surface area contributed by atoms with Gasteiger partial charge in [0, 0.05) is 20.8 Å². The molecule has 3 aromatic rings. The molecule has 42 heavy (non-hydrogen) atoms. The molecule has 0 spiro atoms. The minimum Gasteiger partial charge on any atom is -0.423 e. The highest BCUT2D eigenvalue weighted by Gasteiger charge is 2.54. The molecule has 12 heteroatoms. The molecular weight excluding hydrogens is 715 g/mol. The van der Waals surface area contributed by atoms with Gasteiger partial charge in [-0.05, 0) is 67.4 Å². The van der Waals surface area contributed by atoms with E-state index in [1.165, 1.54) is 42.5 Å². The molecule has 3 amide bonds. The number of Topliss-reactive ketones (excluding diaryl/α,β-unsaturated/α-hetero) is 1. The number of hydrazine groups is 1. The van der Waals surface area contributed by atoms with Gasteiger partial charge in [-0.1, -0.05) is 73.3 Å². The van der Waals surface area contributed by atoms with Crippen LogP contribution in [0, 0.1) is 11.8 Å². The highest BCUT2D eigenvalue weighted by atomic mass is 79.9. The smallest absolute Gasteiger partial charge is 0.343 e. The second-order valence-electron chi connectivity index (χ2n) is 9.90. The summed E-state index contributed by atoms with van der Waals surface area (Å²) in [5.41, 5.74) is 0.596. The van der Waals surface area contributed by atoms with Crippen molar-refractivity contribution >= 4 is 84.5 Å². The number of esters is 1. The van der Waals surface area contributed by atoms with Gasteiger partial charge in [-0.15, -0.1) is 0 Å². The van der Waals surface area contributed by atoms with Crippen molar-refractivity contribution in [2.45, 2.75) is 22.5 Å². The van der Waals surface area contributed by atoms with Crippen molar-refractivity contribution in [3.8, 4) is 5.75 Å². The summed E-state index contributed by atoms with van der Waals surface area (Å²) in [7, 11) is 0. The minimum absolute atomic E-state index is 0.0363. The van der Waals surface area contributed by atoms with Crippen LogP contribution in [0.25, 0.3) is 0 Å². The van der Waals surface area contributed by atoms with Gasteiger partial charge in [0.25, 0.3) is 17.7 Å². The van der Waals surface area contributed by atoms with E-state index in [1.807, 2.05) is 0 Å². The van der Waals surface area contributed by atoms with E-state index in [0.29, 0.717) is 18.4 Å². The predicted octanol–water partition coefficient (Wildman–Crippen LogP) is 6.37. The van der Waals surface area contributed by atoms with Crippen molar-refractivity contribution < 1.29 is 28.7 Å². The van der Waals surface area contributed by atoms with E-state index in [1.54, 1.807) is 30.3 Å². The number of alkyl halides is 2. The average Bonchev–Trinajstić information content (AvgIpc) is 3.22. The van der Waals surface area contributed by atoms with Crippen LogP contribution in [0.15, 0.2) is 72.8 Å². The predicted molar refractivity (Wildman–Crippen MR) is 163 cm³/mol.